The Kier molecular flexibility index (Phi) is 15.9. The first-order chi connectivity index (χ1) is 30.5. The van der Waals surface area contributed by atoms with Crippen LogP contribution in [0.15, 0.2) is 41.7 Å². The van der Waals surface area contributed by atoms with Crippen molar-refractivity contribution in [1.29, 1.82) is 0 Å². The van der Waals surface area contributed by atoms with E-state index in [0.717, 1.165) is 11.1 Å². The minimum absolute atomic E-state index is 0.0265. The summed E-state index contributed by atoms with van der Waals surface area (Å²) in [5.74, 6) is -2.36. The third kappa shape index (κ3) is 10.8. The topological polar surface area (TPSA) is 165 Å². The molecule has 17 atom stereocenters. The van der Waals surface area contributed by atoms with Crippen molar-refractivity contribution in [3.63, 3.8) is 0 Å². The summed E-state index contributed by atoms with van der Waals surface area (Å²) < 4.78 is 76.8. The summed E-state index contributed by atoms with van der Waals surface area (Å²) in [5.41, 5.74) is -1.61. The number of esters is 2. The second kappa shape index (κ2) is 20.3. The fraction of sp³-hybridized carbons (Fsp3) is 0.750. The monoisotopic (exact) mass is 933 g/mol. The number of fused-ring (bicyclic) bond motifs is 3. The number of carbonyl (C=O) groups excluding carboxylic acids is 3. The average Bonchev–Trinajstić information content (AvgIpc) is 3.74. The molecule has 5 aliphatic rings. The molecule has 364 valence electrons. The highest BCUT2D eigenvalue weighted by Crippen LogP contribution is 2.50. The fourth-order valence-electron chi connectivity index (χ4n) is 10.7. The predicted octanol–water partition coefficient (Wildman–Crippen LogP) is 7.17. The van der Waals surface area contributed by atoms with Crippen LogP contribution in [0.25, 0.3) is 0 Å². The van der Waals surface area contributed by atoms with Crippen molar-refractivity contribution >= 4 is 35.5 Å². The first-order valence-corrected chi connectivity index (χ1v) is 23.3. The first-order valence-electron chi connectivity index (χ1n) is 22.9. The van der Waals surface area contributed by atoms with Crippen LogP contribution in [0.3, 0.4) is 0 Å². The minimum Gasteiger partial charge on any atom is -0.488 e. The van der Waals surface area contributed by atoms with Gasteiger partial charge >= 0.3 is 23.3 Å². The highest BCUT2D eigenvalue weighted by Gasteiger charge is 2.60. The van der Waals surface area contributed by atoms with Gasteiger partial charge in [0.2, 0.25) is 0 Å². The van der Waals surface area contributed by atoms with Gasteiger partial charge in [0.15, 0.2) is 36.5 Å². The Labute approximate surface area is 389 Å². The standard InChI is InChI=1S/C48H71NO15S/c1-15-34-48(11)40(62-45(65)64-48)27(4)36-25(2)22-47(10,63-36)39(60-43-38(57-31(8)50)33(49(12)13)21-26(3)55-43)28(5)37(29(6)42(51)58-34)59-35-23-46(9,53-14)41(30(7)56-35)61-44(52)54-24-32-19-17-16-18-20-32/h16-20,26-30,33-35,37-41,43H,15,21-24H2,1-14H3/t26-,27+,28+,29-,30+,33+,34-,35+,37+,38-,39-,40-,41+,43+,46-,47+,48-/m1/s1. The summed E-state index contributed by atoms with van der Waals surface area (Å²) in [6, 6.07) is 9.05. The molecule has 4 fully saturated rings. The molecule has 65 heavy (non-hydrogen) atoms. The van der Waals surface area contributed by atoms with Gasteiger partial charge in [-0.25, -0.2) is 4.79 Å². The van der Waals surface area contributed by atoms with Crippen LogP contribution >= 0.6 is 12.2 Å². The van der Waals surface area contributed by atoms with Crippen LogP contribution in [0, 0.1) is 17.8 Å². The minimum atomic E-state index is -1.17. The maximum Gasteiger partial charge on any atom is 0.509 e. The second-order valence-corrected chi connectivity index (χ2v) is 19.8. The Morgan fingerprint density at radius 3 is 2.23 bits per heavy atom. The van der Waals surface area contributed by atoms with Crippen molar-refractivity contribution in [1.82, 2.24) is 4.90 Å². The van der Waals surface area contributed by atoms with E-state index in [4.69, 9.17) is 69.1 Å². The molecule has 0 N–H and O–H groups in total. The van der Waals surface area contributed by atoms with E-state index >= 15 is 0 Å². The lowest BCUT2D eigenvalue weighted by molar-refractivity contribution is -0.318. The zero-order chi connectivity index (χ0) is 47.8. The van der Waals surface area contributed by atoms with Crippen LogP contribution in [0.4, 0.5) is 4.79 Å². The Balaban J connectivity index is 1.38. The van der Waals surface area contributed by atoms with Crippen molar-refractivity contribution < 1.29 is 71.2 Å². The van der Waals surface area contributed by atoms with Gasteiger partial charge in [-0.05, 0) is 86.5 Å². The van der Waals surface area contributed by atoms with Gasteiger partial charge in [0, 0.05) is 45.0 Å². The third-order valence-electron chi connectivity index (χ3n) is 14.1. The van der Waals surface area contributed by atoms with Crippen molar-refractivity contribution in [2.45, 2.75) is 193 Å². The van der Waals surface area contributed by atoms with Gasteiger partial charge in [0.1, 0.15) is 35.8 Å². The number of hydrogen-bond donors (Lipinski definition) is 0. The van der Waals surface area contributed by atoms with Gasteiger partial charge in [-0.1, -0.05) is 51.1 Å². The SMILES string of the molecule is CC[C@H]1OC(=O)[C@H](C)[C@@H](O[C@H]2C[C@@](C)(OC)[C@@H](OC(=O)OCc3ccccc3)[C@H](C)O2)[C@H](C)[C@@H](O[C@@H]2O[C@H](C)C[C@H](N(C)C)[C@H]2OC(C)=O)[C@]2(C)CC(C)=C(O2)[C@H](C)[C@H]2OC(=S)O[C@@]21C. The zero-order valence-corrected chi connectivity index (χ0v) is 41.3. The Morgan fingerprint density at radius 1 is 0.908 bits per heavy atom. The van der Waals surface area contributed by atoms with Crippen LogP contribution in [0.1, 0.15) is 107 Å². The van der Waals surface area contributed by atoms with E-state index < -0.39 is 108 Å². The number of methoxy groups -OCH3 is 1. The van der Waals surface area contributed by atoms with Crippen LogP contribution in [0.2, 0.25) is 0 Å². The van der Waals surface area contributed by atoms with Gasteiger partial charge in [0.05, 0.1) is 36.2 Å². The van der Waals surface area contributed by atoms with E-state index in [1.807, 2.05) is 105 Å². The Bertz CT molecular complexity index is 1900. The summed E-state index contributed by atoms with van der Waals surface area (Å²) >= 11 is 5.50. The molecule has 0 aliphatic carbocycles. The summed E-state index contributed by atoms with van der Waals surface area (Å²) in [7, 11) is 5.39. The Morgan fingerprint density at radius 2 is 1.60 bits per heavy atom. The summed E-state index contributed by atoms with van der Waals surface area (Å²) in [4.78, 5) is 42.5. The lowest BCUT2D eigenvalue weighted by Crippen LogP contribution is -2.61. The highest BCUT2D eigenvalue weighted by molar-refractivity contribution is 7.79. The van der Waals surface area contributed by atoms with Crippen LogP contribution in [-0.2, 0) is 73.0 Å². The zero-order valence-electron chi connectivity index (χ0n) is 40.5. The van der Waals surface area contributed by atoms with Crippen LogP contribution < -0.4 is 0 Å². The van der Waals surface area contributed by atoms with Crippen LogP contribution in [0.5, 0.6) is 0 Å². The number of nitrogens with zero attached hydrogens (tertiary/aromatic N) is 1. The van der Waals surface area contributed by atoms with E-state index in [1.54, 1.807) is 13.8 Å². The molecular weight excluding hydrogens is 863 g/mol. The number of thiocarbonyl (C=S) groups is 1. The van der Waals surface area contributed by atoms with Gasteiger partial charge in [-0.15, -0.1) is 0 Å². The molecule has 1 aromatic carbocycles. The number of hydrogen-bond acceptors (Lipinski definition) is 17. The number of benzene rings is 1. The highest BCUT2D eigenvalue weighted by atomic mass is 32.1. The van der Waals surface area contributed by atoms with Gasteiger partial charge in [0.25, 0.3) is 0 Å². The molecule has 4 saturated heterocycles. The predicted molar refractivity (Wildman–Crippen MR) is 239 cm³/mol. The van der Waals surface area contributed by atoms with Gasteiger partial charge < -0.3 is 61.7 Å². The summed E-state index contributed by atoms with van der Waals surface area (Å²) in [5, 5.41) is -0.0407. The molecule has 5 heterocycles. The first kappa shape index (κ1) is 50.8. The Hall–Kier alpha value is -3.58. The lowest BCUT2D eigenvalue weighted by Gasteiger charge is -2.49. The molecule has 0 radical (unpaired) electrons. The number of rotatable bonds is 11. The smallest absolute Gasteiger partial charge is 0.488 e. The fourth-order valence-corrected chi connectivity index (χ4v) is 11.0. The lowest BCUT2D eigenvalue weighted by atomic mass is 9.78. The molecule has 5 aliphatic heterocycles. The molecule has 0 saturated carbocycles. The molecule has 0 unspecified atom stereocenters. The number of carbonyl (C=O) groups is 3. The molecule has 16 nitrogen and oxygen atoms in total. The largest absolute Gasteiger partial charge is 0.509 e. The van der Waals surface area contributed by atoms with Crippen molar-refractivity contribution in [3.05, 3.63) is 47.2 Å². The number of likely N-dealkylation sites (N-methyl/N-ethyl adjacent to an activating group) is 1. The van der Waals surface area contributed by atoms with Crippen LogP contribution in [-0.4, -0.2) is 134 Å². The molecule has 0 amide bonds. The maximum atomic E-state index is 14.7. The molecule has 17 heteroatoms. The van der Waals surface area contributed by atoms with Gasteiger partial charge in [-0.2, -0.15) is 0 Å². The third-order valence-corrected chi connectivity index (χ3v) is 14.2. The molecule has 6 rings (SSSR count). The molecule has 0 aromatic heterocycles. The molecular formula is C48H71NO15S. The quantitative estimate of drug-likeness (QED) is 0.124. The second-order valence-electron chi connectivity index (χ2n) is 19.4. The number of cyclic esters (lactones) is 1. The molecule has 0 spiro atoms. The number of ether oxygens (including phenoxy) is 12. The van der Waals surface area contributed by atoms with E-state index in [-0.39, 0.29) is 30.4 Å². The van der Waals surface area contributed by atoms with Crippen molar-refractivity contribution in [3.8, 4) is 0 Å². The summed E-state index contributed by atoms with van der Waals surface area (Å²) in [6.45, 7) is 20.4. The van der Waals surface area contributed by atoms with E-state index in [9.17, 15) is 14.4 Å². The van der Waals surface area contributed by atoms with Crippen molar-refractivity contribution in [2.75, 3.05) is 21.2 Å². The van der Waals surface area contributed by atoms with E-state index in [0.29, 0.717) is 25.0 Å². The molecule has 1 aromatic rings. The molecule has 2 bridgehead atoms. The van der Waals surface area contributed by atoms with E-state index in [1.165, 1.54) is 14.0 Å². The van der Waals surface area contributed by atoms with E-state index in [2.05, 4.69) is 0 Å². The average molecular weight is 934 g/mol. The summed E-state index contributed by atoms with van der Waals surface area (Å²) in [6.07, 6.45) is -7.41. The van der Waals surface area contributed by atoms with Gasteiger partial charge in [-0.3, -0.25) is 9.59 Å². The maximum absolute atomic E-state index is 14.7. The van der Waals surface area contributed by atoms with Crippen molar-refractivity contribution in [2.24, 2.45) is 17.8 Å². The normalized spacial score (nSPS) is 41.1.